The summed E-state index contributed by atoms with van der Waals surface area (Å²) in [6.07, 6.45) is 2.68. The molecule has 2 aromatic carbocycles. The number of nitrogens with zero attached hydrogens (tertiary/aromatic N) is 2. The number of hydrogen-bond acceptors (Lipinski definition) is 8. The summed E-state index contributed by atoms with van der Waals surface area (Å²) >= 11 is 0. The van der Waals surface area contributed by atoms with Gasteiger partial charge in [-0.2, -0.15) is 10.2 Å². The monoisotopic (exact) mass is 414 g/mol. The average Bonchev–Trinajstić information content (AvgIpc) is 2.78. The number of hydrazone groups is 2. The first-order valence-corrected chi connectivity index (χ1v) is 8.62. The summed E-state index contributed by atoms with van der Waals surface area (Å²) in [4.78, 5) is 23.7. The van der Waals surface area contributed by atoms with Crippen molar-refractivity contribution in [2.45, 2.75) is 0 Å². The normalized spacial score (nSPS) is 10.7. The highest BCUT2D eigenvalue weighted by Crippen LogP contribution is 2.23. The summed E-state index contributed by atoms with van der Waals surface area (Å²) in [7, 11) is 6.06. The van der Waals surface area contributed by atoms with E-state index in [9.17, 15) is 9.59 Å². The Hall–Kier alpha value is -4.08. The van der Waals surface area contributed by atoms with Gasteiger partial charge in [-0.15, -0.1) is 0 Å². The molecule has 0 aliphatic carbocycles. The Kier molecular flexibility index (Phi) is 8.18. The number of benzene rings is 2. The molecule has 0 fully saturated rings. The van der Waals surface area contributed by atoms with Crippen LogP contribution < -0.4 is 29.8 Å². The molecule has 158 valence electrons. The molecule has 0 atom stereocenters. The third-order valence-corrected chi connectivity index (χ3v) is 3.83. The van der Waals surface area contributed by atoms with Gasteiger partial charge in [0.2, 0.25) is 0 Å². The van der Waals surface area contributed by atoms with Gasteiger partial charge in [-0.1, -0.05) is 0 Å². The molecule has 30 heavy (non-hydrogen) atoms. The maximum atomic E-state index is 11.8. The Morgan fingerprint density at radius 3 is 1.43 bits per heavy atom. The molecule has 0 unspecified atom stereocenters. The summed E-state index contributed by atoms with van der Waals surface area (Å²) in [5.74, 6) is 0.234. The number of rotatable bonds is 8. The molecule has 10 nitrogen and oxygen atoms in total. The number of nitrogens with one attached hydrogen (secondary N) is 2. The van der Waals surface area contributed by atoms with Gasteiger partial charge in [-0.3, -0.25) is 9.59 Å². The minimum absolute atomic E-state index is 0.495. The van der Waals surface area contributed by atoms with Crippen molar-refractivity contribution in [3.8, 4) is 23.0 Å². The predicted octanol–water partition coefficient (Wildman–Crippen LogP) is 1.32. The lowest BCUT2D eigenvalue weighted by molar-refractivity contribution is -0.139. The summed E-state index contributed by atoms with van der Waals surface area (Å²) in [6.45, 7) is 0. The maximum absolute atomic E-state index is 11.8. The Morgan fingerprint density at radius 2 is 1.10 bits per heavy atom. The van der Waals surface area contributed by atoms with E-state index < -0.39 is 11.8 Å². The largest absolute Gasteiger partial charge is 0.497 e. The van der Waals surface area contributed by atoms with Crippen molar-refractivity contribution < 1.29 is 28.5 Å². The van der Waals surface area contributed by atoms with E-state index in [4.69, 9.17) is 18.9 Å². The molecule has 10 heteroatoms. The molecule has 0 radical (unpaired) electrons. The third kappa shape index (κ3) is 5.96. The molecular weight excluding hydrogens is 392 g/mol. The van der Waals surface area contributed by atoms with Crippen LogP contribution in [0.5, 0.6) is 23.0 Å². The van der Waals surface area contributed by atoms with Gasteiger partial charge in [0.1, 0.15) is 23.0 Å². The SMILES string of the molecule is COc1ccc(C=NNC(=O)C(=O)NN=Cc2ccc(OC)cc2OC)c(OC)c1. The molecule has 0 heterocycles. The molecule has 0 spiro atoms. The minimum Gasteiger partial charge on any atom is -0.497 e. The lowest BCUT2D eigenvalue weighted by atomic mass is 10.2. The van der Waals surface area contributed by atoms with Gasteiger partial charge < -0.3 is 18.9 Å². The van der Waals surface area contributed by atoms with Crippen molar-refractivity contribution >= 4 is 24.2 Å². The van der Waals surface area contributed by atoms with Gasteiger partial charge in [0.25, 0.3) is 0 Å². The highest BCUT2D eigenvalue weighted by atomic mass is 16.5. The Balaban J connectivity index is 1.93. The fourth-order valence-electron chi connectivity index (χ4n) is 2.27. The van der Waals surface area contributed by atoms with Crippen LogP contribution in [0.3, 0.4) is 0 Å². The topological polar surface area (TPSA) is 120 Å². The minimum atomic E-state index is -0.988. The lowest BCUT2D eigenvalue weighted by Crippen LogP contribution is -2.35. The van der Waals surface area contributed by atoms with E-state index in [-0.39, 0.29) is 0 Å². The van der Waals surface area contributed by atoms with E-state index in [1.54, 1.807) is 36.4 Å². The second-order valence-corrected chi connectivity index (χ2v) is 5.61. The molecule has 0 saturated carbocycles. The quantitative estimate of drug-likeness (QED) is 0.382. The Labute approximate surface area is 173 Å². The van der Waals surface area contributed by atoms with Gasteiger partial charge >= 0.3 is 11.8 Å². The van der Waals surface area contributed by atoms with Crippen LogP contribution in [0, 0.1) is 0 Å². The van der Waals surface area contributed by atoms with Crippen LogP contribution in [-0.2, 0) is 9.59 Å². The van der Waals surface area contributed by atoms with Crippen molar-refractivity contribution in [2.24, 2.45) is 10.2 Å². The fourth-order valence-corrected chi connectivity index (χ4v) is 2.27. The lowest BCUT2D eigenvalue weighted by Gasteiger charge is -2.07. The summed E-state index contributed by atoms with van der Waals surface area (Å²) < 4.78 is 20.7. The predicted molar refractivity (Wildman–Crippen MR) is 111 cm³/mol. The summed E-state index contributed by atoms with van der Waals surface area (Å²) in [5.41, 5.74) is 5.40. The number of carbonyl (C=O) groups is 2. The molecule has 2 aromatic rings. The van der Waals surface area contributed by atoms with Crippen LogP contribution in [0.25, 0.3) is 0 Å². The molecule has 2 N–H and O–H groups in total. The Morgan fingerprint density at radius 1 is 0.700 bits per heavy atom. The zero-order valence-corrected chi connectivity index (χ0v) is 17.0. The smallest absolute Gasteiger partial charge is 0.331 e. The van der Waals surface area contributed by atoms with Crippen molar-refractivity contribution in [3.05, 3.63) is 47.5 Å². The zero-order chi connectivity index (χ0) is 21.9. The van der Waals surface area contributed by atoms with Gasteiger partial charge in [-0.05, 0) is 24.3 Å². The van der Waals surface area contributed by atoms with E-state index >= 15 is 0 Å². The van der Waals surface area contributed by atoms with Crippen molar-refractivity contribution in [3.63, 3.8) is 0 Å². The molecule has 0 aliphatic heterocycles. The standard InChI is InChI=1S/C20H22N4O6/c1-27-15-7-5-13(17(9-15)29-3)11-21-23-19(25)20(26)24-22-12-14-6-8-16(28-2)10-18(14)30-4/h5-12H,1-4H3,(H,23,25)(H,24,26). The third-order valence-electron chi connectivity index (χ3n) is 3.83. The van der Waals surface area contributed by atoms with Gasteiger partial charge in [0, 0.05) is 23.3 Å². The second kappa shape index (κ2) is 11.1. The van der Waals surface area contributed by atoms with Crippen LogP contribution in [0.15, 0.2) is 46.6 Å². The molecule has 0 bridgehead atoms. The van der Waals surface area contributed by atoms with Crippen LogP contribution in [0.2, 0.25) is 0 Å². The highest BCUT2D eigenvalue weighted by molar-refractivity contribution is 6.35. The van der Waals surface area contributed by atoms with Crippen LogP contribution in [0.1, 0.15) is 11.1 Å². The van der Waals surface area contributed by atoms with Gasteiger partial charge in [0.15, 0.2) is 0 Å². The number of carbonyl (C=O) groups excluding carboxylic acids is 2. The first-order valence-electron chi connectivity index (χ1n) is 8.62. The number of hydrogen-bond donors (Lipinski definition) is 2. The average molecular weight is 414 g/mol. The molecule has 2 rings (SSSR count). The van der Waals surface area contributed by atoms with Crippen LogP contribution in [-0.4, -0.2) is 52.7 Å². The van der Waals surface area contributed by atoms with E-state index in [2.05, 4.69) is 21.1 Å². The van der Waals surface area contributed by atoms with Crippen LogP contribution in [0.4, 0.5) is 0 Å². The van der Waals surface area contributed by atoms with Crippen LogP contribution >= 0.6 is 0 Å². The van der Waals surface area contributed by atoms with E-state index in [0.717, 1.165) is 0 Å². The molecule has 0 aliphatic rings. The molecule has 0 aromatic heterocycles. The number of ether oxygens (including phenoxy) is 4. The highest BCUT2D eigenvalue weighted by Gasteiger charge is 2.12. The first-order chi connectivity index (χ1) is 14.5. The Bertz CT molecular complexity index is 881. The summed E-state index contributed by atoms with van der Waals surface area (Å²) in [6, 6.07) is 10.1. The van der Waals surface area contributed by atoms with Crippen molar-refractivity contribution in [1.82, 2.24) is 10.9 Å². The van der Waals surface area contributed by atoms with Crippen molar-refractivity contribution in [1.29, 1.82) is 0 Å². The van der Waals surface area contributed by atoms with Gasteiger partial charge in [0.05, 0.1) is 40.9 Å². The second-order valence-electron chi connectivity index (χ2n) is 5.61. The first kappa shape index (κ1) is 22.2. The molecule has 2 amide bonds. The maximum Gasteiger partial charge on any atom is 0.331 e. The molecule has 0 saturated heterocycles. The van der Waals surface area contributed by atoms with E-state index in [1.165, 1.54) is 40.9 Å². The summed E-state index contributed by atoms with van der Waals surface area (Å²) in [5, 5.41) is 7.49. The van der Waals surface area contributed by atoms with E-state index in [0.29, 0.717) is 34.1 Å². The fraction of sp³-hybridized carbons (Fsp3) is 0.200. The van der Waals surface area contributed by atoms with Gasteiger partial charge in [-0.25, -0.2) is 10.9 Å². The molecular formula is C20H22N4O6. The van der Waals surface area contributed by atoms with Crippen molar-refractivity contribution in [2.75, 3.05) is 28.4 Å². The number of methoxy groups -OCH3 is 4. The zero-order valence-electron chi connectivity index (χ0n) is 17.0. The number of amides is 2. The van der Waals surface area contributed by atoms with E-state index in [1.807, 2.05) is 0 Å².